The smallest absolute Gasteiger partial charge is 0.370 e. The molecule has 0 amide bonds. The van der Waals surface area contributed by atoms with Gasteiger partial charge >= 0.3 is 6.18 Å². The van der Waals surface area contributed by atoms with Gasteiger partial charge in [-0.1, -0.05) is 6.08 Å². The maximum atomic E-state index is 13.7. The molecule has 2 aliphatic heterocycles. The second-order valence-electron chi connectivity index (χ2n) is 12.1. The van der Waals surface area contributed by atoms with Crippen LogP contribution in [-0.4, -0.2) is 73.3 Å². The van der Waals surface area contributed by atoms with Gasteiger partial charge in [-0.05, 0) is 57.6 Å². The molecule has 5 fully saturated rings. The number of morpholine rings is 1. The van der Waals surface area contributed by atoms with Crippen molar-refractivity contribution in [3.63, 3.8) is 0 Å². The van der Waals surface area contributed by atoms with Gasteiger partial charge in [0, 0.05) is 31.2 Å². The molecule has 6 aliphatic rings. The van der Waals surface area contributed by atoms with E-state index in [1.165, 1.54) is 4.57 Å². The van der Waals surface area contributed by atoms with E-state index in [9.17, 15) is 23.1 Å². The molecule has 2 aromatic heterocycles. The maximum absolute atomic E-state index is 13.7. The summed E-state index contributed by atoms with van der Waals surface area (Å²) >= 11 is 0. The number of halogens is 3. The summed E-state index contributed by atoms with van der Waals surface area (Å²) in [6.45, 7) is 4.50. The zero-order valence-corrected chi connectivity index (χ0v) is 22.1. The third kappa shape index (κ3) is 3.67. The van der Waals surface area contributed by atoms with Gasteiger partial charge in [0.25, 0.3) is 5.56 Å². The van der Waals surface area contributed by atoms with Crippen molar-refractivity contribution in [2.75, 3.05) is 18.0 Å². The molecule has 0 radical (unpaired) electrons. The minimum absolute atomic E-state index is 0.0376. The van der Waals surface area contributed by atoms with Crippen molar-refractivity contribution in [2.24, 2.45) is 12.5 Å². The summed E-state index contributed by atoms with van der Waals surface area (Å²) in [7, 11) is 1.61. The Kier molecular flexibility index (Phi) is 5.15. The summed E-state index contributed by atoms with van der Waals surface area (Å²) in [6, 6.07) is 0.323. The number of ether oxygens (including phenoxy) is 1. The number of anilines is 1. The van der Waals surface area contributed by atoms with Crippen molar-refractivity contribution < 1.29 is 23.0 Å². The molecule has 39 heavy (non-hydrogen) atoms. The van der Waals surface area contributed by atoms with Gasteiger partial charge in [0.05, 0.1) is 23.8 Å². The first-order chi connectivity index (χ1) is 18.4. The predicted octanol–water partition coefficient (Wildman–Crippen LogP) is 2.85. The number of hydrogen-bond acceptors (Lipinski definition) is 8. The topological polar surface area (TPSA) is 96.6 Å². The first-order valence-corrected chi connectivity index (χ1v) is 13.5. The van der Waals surface area contributed by atoms with Crippen LogP contribution in [0.4, 0.5) is 19.1 Å². The quantitative estimate of drug-likeness (QED) is 0.628. The predicted molar refractivity (Wildman–Crippen MR) is 136 cm³/mol. The number of fused-ring (bicyclic) bond motifs is 1. The molecule has 9 nitrogen and oxygen atoms in total. The van der Waals surface area contributed by atoms with Crippen LogP contribution in [0.2, 0.25) is 0 Å². The number of aliphatic hydroxyl groups is 1. The summed E-state index contributed by atoms with van der Waals surface area (Å²) in [5.74, 6) is 0.770. The van der Waals surface area contributed by atoms with Crippen LogP contribution in [0.15, 0.2) is 28.7 Å². The third-order valence-electron chi connectivity index (χ3n) is 9.22. The molecule has 1 N–H and O–H groups in total. The molecule has 4 saturated carbocycles. The van der Waals surface area contributed by atoms with Crippen LogP contribution in [0.3, 0.4) is 0 Å². The van der Waals surface area contributed by atoms with E-state index in [1.54, 1.807) is 20.0 Å². The zero-order chi connectivity index (χ0) is 27.5. The number of nitrogens with zero attached hydrogens (tertiary/aromatic N) is 6. The Balaban J connectivity index is 1.27. The first-order valence-electron chi connectivity index (χ1n) is 13.5. The lowest BCUT2D eigenvalue weighted by atomic mass is 9.34. The molecule has 12 heteroatoms. The van der Waals surface area contributed by atoms with Gasteiger partial charge in [0.2, 0.25) is 5.95 Å². The van der Waals surface area contributed by atoms with E-state index >= 15 is 0 Å². The molecule has 4 heterocycles. The number of aryl methyl sites for hydroxylation is 1. The summed E-state index contributed by atoms with van der Waals surface area (Å²) in [5, 5.41) is 10.4. The van der Waals surface area contributed by atoms with Crippen LogP contribution < -0.4 is 10.5 Å². The molecular weight excluding hydrogens is 513 g/mol. The van der Waals surface area contributed by atoms with Gasteiger partial charge in [-0.25, -0.2) is 15.0 Å². The Bertz CT molecular complexity index is 1480. The Morgan fingerprint density at radius 2 is 1.82 bits per heavy atom. The second kappa shape index (κ2) is 8.03. The van der Waals surface area contributed by atoms with Crippen LogP contribution >= 0.6 is 0 Å². The van der Waals surface area contributed by atoms with E-state index in [2.05, 4.69) is 9.97 Å². The number of aromatic nitrogens is 4. The molecule has 8 rings (SSSR count). The van der Waals surface area contributed by atoms with E-state index < -0.39 is 23.2 Å². The fourth-order valence-electron chi connectivity index (χ4n) is 6.86. The average Bonchev–Trinajstić information content (AvgIpc) is 3.65. The normalized spacial score (nSPS) is 34.1. The monoisotopic (exact) mass is 544 g/mol. The van der Waals surface area contributed by atoms with Crippen molar-refractivity contribution in [1.29, 1.82) is 0 Å². The second-order valence-corrected chi connectivity index (χ2v) is 12.1. The lowest BCUT2D eigenvalue weighted by molar-refractivity contribution is -0.337. The Morgan fingerprint density at radius 1 is 1.10 bits per heavy atom. The van der Waals surface area contributed by atoms with Crippen LogP contribution in [0.1, 0.15) is 50.5 Å². The van der Waals surface area contributed by atoms with E-state index in [-0.39, 0.29) is 42.5 Å². The summed E-state index contributed by atoms with van der Waals surface area (Å²) in [5.41, 5.74) is -0.942. The number of hydrogen-bond donors (Lipinski definition) is 1. The van der Waals surface area contributed by atoms with Gasteiger partial charge in [0.15, 0.2) is 5.52 Å². The number of alkyl halides is 3. The number of rotatable bonds is 4. The van der Waals surface area contributed by atoms with Crippen molar-refractivity contribution in [2.45, 2.75) is 82.0 Å². The minimum atomic E-state index is -4.25. The Hall–Kier alpha value is -2.99. The van der Waals surface area contributed by atoms with Gasteiger partial charge in [0.1, 0.15) is 23.7 Å². The van der Waals surface area contributed by atoms with Crippen LogP contribution in [0.5, 0.6) is 0 Å². The highest BCUT2D eigenvalue weighted by atomic mass is 19.4. The van der Waals surface area contributed by atoms with Crippen LogP contribution in [0, 0.1) is 12.3 Å². The van der Waals surface area contributed by atoms with Gasteiger partial charge < -0.3 is 19.6 Å². The molecule has 1 saturated heterocycles. The highest BCUT2D eigenvalue weighted by Crippen LogP contribution is 2.78. The minimum Gasteiger partial charge on any atom is -0.370 e. The fourth-order valence-corrected chi connectivity index (χ4v) is 6.86. The molecule has 1 unspecified atom stereocenters. The summed E-state index contributed by atoms with van der Waals surface area (Å²) in [6.07, 6.45) is 2.11. The highest BCUT2D eigenvalue weighted by Gasteiger charge is 2.79. The van der Waals surface area contributed by atoms with E-state index in [1.807, 2.05) is 29.0 Å². The van der Waals surface area contributed by atoms with Gasteiger partial charge in [-0.2, -0.15) is 13.2 Å². The van der Waals surface area contributed by atoms with Crippen molar-refractivity contribution >= 4 is 17.0 Å². The standard InChI is InChI=1S/C27H31F3N6O3/c1-14-8-35(10-18(39-14)16-4-7-19(37)36(9-16)17-5-6-17)24-32-21-20(31-15(2)34(3)23(21)38)22(33-24)25-11-26(12-25,13-25)27(28,29)30/h4,7,9,14,17-19,37H,5-6,8,10-13H2,1-3H3/t14-,18-,19?,25?,26?/m1/s1. The number of aliphatic hydroxyl groups excluding tert-OH is 1. The lowest BCUT2D eigenvalue weighted by Gasteiger charge is -2.70. The van der Waals surface area contributed by atoms with Crippen molar-refractivity contribution in [3.05, 3.63) is 45.8 Å². The SMILES string of the molecule is Cc1nc2c(C34CC(C(F)(F)F)(C3)C4)nc(N3C[C@@H](C)O[C@@H](C4=CN(C5CC5)C(O)C=C4)C3)nc2c(=O)n1C. The average molecular weight is 545 g/mol. The molecule has 0 spiro atoms. The summed E-state index contributed by atoms with van der Waals surface area (Å²) in [4.78, 5) is 31.3. The molecule has 3 atom stereocenters. The molecule has 4 aliphatic carbocycles. The highest BCUT2D eigenvalue weighted by molar-refractivity contribution is 5.79. The molecule has 2 bridgehead atoms. The molecule has 0 aromatic carbocycles. The van der Waals surface area contributed by atoms with E-state index in [0.29, 0.717) is 42.1 Å². The fraction of sp³-hybridized carbons (Fsp3) is 0.630. The molecule has 2 aromatic rings. The maximum Gasteiger partial charge on any atom is 0.394 e. The lowest BCUT2D eigenvalue weighted by Crippen LogP contribution is -2.70. The van der Waals surface area contributed by atoms with Crippen LogP contribution in [-0.2, 0) is 17.2 Å². The Morgan fingerprint density at radius 3 is 2.49 bits per heavy atom. The van der Waals surface area contributed by atoms with E-state index in [0.717, 1.165) is 18.4 Å². The first kappa shape index (κ1) is 25.0. The largest absolute Gasteiger partial charge is 0.394 e. The Labute approximate surface area is 223 Å². The van der Waals surface area contributed by atoms with Crippen LogP contribution in [0.25, 0.3) is 11.0 Å². The molecule has 208 valence electrons. The van der Waals surface area contributed by atoms with Gasteiger partial charge in [-0.15, -0.1) is 0 Å². The molecular formula is C27H31F3N6O3. The summed E-state index contributed by atoms with van der Waals surface area (Å²) < 4.78 is 48.7. The van der Waals surface area contributed by atoms with Crippen molar-refractivity contribution in [3.8, 4) is 0 Å². The third-order valence-corrected chi connectivity index (χ3v) is 9.22. The van der Waals surface area contributed by atoms with Crippen molar-refractivity contribution in [1.82, 2.24) is 24.4 Å². The van der Waals surface area contributed by atoms with Gasteiger partial charge in [-0.3, -0.25) is 9.36 Å². The zero-order valence-electron chi connectivity index (χ0n) is 22.1. The van der Waals surface area contributed by atoms with E-state index in [4.69, 9.17) is 9.72 Å².